The third-order valence-corrected chi connectivity index (χ3v) is 4.19. The highest BCUT2D eigenvalue weighted by atomic mass is 35.5. The minimum Gasteiger partial charge on any atom is -0.352 e. The van der Waals surface area contributed by atoms with Gasteiger partial charge in [-0.3, -0.25) is 4.90 Å². The van der Waals surface area contributed by atoms with Crippen molar-refractivity contribution in [3.8, 4) is 6.07 Å². The van der Waals surface area contributed by atoms with Gasteiger partial charge in [-0.1, -0.05) is 11.6 Å². The lowest BCUT2D eigenvalue weighted by atomic mass is 10.1. The Morgan fingerprint density at radius 1 is 1.37 bits per heavy atom. The minimum absolute atomic E-state index is 0.476. The third-order valence-electron chi connectivity index (χ3n) is 3.82. The van der Waals surface area contributed by atoms with Crippen LogP contribution in [0.2, 0.25) is 5.02 Å². The highest BCUT2D eigenvalue weighted by Gasteiger charge is 2.34. The van der Waals surface area contributed by atoms with Crippen LogP contribution in [0.25, 0.3) is 0 Å². The number of anilines is 1. The van der Waals surface area contributed by atoms with Crippen LogP contribution >= 0.6 is 11.6 Å². The van der Waals surface area contributed by atoms with Gasteiger partial charge in [0.2, 0.25) is 0 Å². The predicted octanol–water partition coefficient (Wildman–Crippen LogP) is 0.700. The van der Waals surface area contributed by atoms with Crippen molar-refractivity contribution in [1.82, 2.24) is 15.2 Å². The van der Waals surface area contributed by atoms with Crippen LogP contribution in [0.4, 0.5) is 5.82 Å². The predicted molar refractivity (Wildman–Crippen MR) is 74.4 cm³/mol. The molecule has 3 rings (SSSR count). The van der Waals surface area contributed by atoms with Gasteiger partial charge in [-0.25, -0.2) is 4.98 Å². The van der Waals surface area contributed by atoms with E-state index in [1.54, 1.807) is 12.3 Å². The molecule has 0 unspecified atom stereocenters. The van der Waals surface area contributed by atoms with Crippen LogP contribution in [0, 0.1) is 11.3 Å². The maximum absolute atomic E-state index is 8.98. The van der Waals surface area contributed by atoms with E-state index in [9.17, 15) is 0 Å². The summed E-state index contributed by atoms with van der Waals surface area (Å²) in [5, 5.41) is 12.8. The zero-order valence-corrected chi connectivity index (χ0v) is 11.4. The van der Waals surface area contributed by atoms with Gasteiger partial charge >= 0.3 is 0 Å². The van der Waals surface area contributed by atoms with Gasteiger partial charge in [-0.05, 0) is 6.07 Å². The van der Waals surface area contributed by atoms with Crippen LogP contribution < -0.4 is 10.2 Å². The Morgan fingerprint density at radius 3 is 2.79 bits per heavy atom. The van der Waals surface area contributed by atoms with Crippen LogP contribution in [0.3, 0.4) is 0 Å². The molecule has 100 valence electrons. The highest BCUT2D eigenvalue weighted by molar-refractivity contribution is 6.34. The second-order valence-corrected chi connectivity index (χ2v) is 5.33. The molecular formula is C13H16ClN5. The first-order valence-electron chi connectivity index (χ1n) is 6.54. The number of nitriles is 1. The number of piperazine rings is 1. The van der Waals surface area contributed by atoms with Crippen molar-refractivity contribution in [3.63, 3.8) is 0 Å². The summed E-state index contributed by atoms with van der Waals surface area (Å²) < 4.78 is 0. The zero-order chi connectivity index (χ0) is 13.2. The number of nitrogens with one attached hydrogen (secondary N) is 1. The number of aromatic nitrogens is 1. The summed E-state index contributed by atoms with van der Waals surface area (Å²) in [6.45, 7) is 6.25. The van der Waals surface area contributed by atoms with Gasteiger partial charge < -0.3 is 10.2 Å². The average Bonchev–Trinajstić information content (AvgIpc) is 2.40. The van der Waals surface area contributed by atoms with Gasteiger partial charge in [0.25, 0.3) is 0 Å². The Bertz CT molecular complexity index is 500. The van der Waals surface area contributed by atoms with Crippen molar-refractivity contribution in [2.45, 2.75) is 6.04 Å². The Labute approximate surface area is 117 Å². The molecule has 1 N–H and O–H groups in total. The van der Waals surface area contributed by atoms with Gasteiger partial charge in [0.1, 0.15) is 16.9 Å². The largest absolute Gasteiger partial charge is 0.352 e. The van der Waals surface area contributed by atoms with Crippen LogP contribution in [-0.4, -0.2) is 55.2 Å². The third kappa shape index (κ3) is 2.39. The molecule has 0 atom stereocenters. The average molecular weight is 278 g/mol. The molecule has 2 saturated heterocycles. The van der Waals surface area contributed by atoms with E-state index in [0.29, 0.717) is 16.6 Å². The summed E-state index contributed by atoms with van der Waals surface area (Å²) in [6, 6.07) is 4.34. The van der Waals surface area contributed by atoms with Gasteiger partial charge in [0, 0.05) is 51.5 Å². The first-order valence-corrected chi connectivity index (χ1v) is 6.91. The molecule has 3 heterocycles. The normalized spacial score (nSPS) is 20.9. The number of hydrogen-bond acceptors (Lipinski definition) is 5. The second kappa shape index (κ2) is 5.33. The zero-order valence-electron chi connectivity index (χ0n) is 10.6. The maximum atomic E-state index is 8.98. The molecule has 1 aromatic rings. The highest BCUT2D eigenvalue weighted by Crippen LogP contribution is 2.30. The van der Waals surface area contributed by atoms with E-state index in [2.05, 4.69) is 26.2 Å². The summed E-state index contributed by atoms with van der Waals surface area (Å²) >= 11 is 6.20. The van der Waals surface area contributed by atoms with Crippen LogP contribution in [-0.2, 0) is 0 Å². The summed E-state index contributed by atoms with van der Waals surface area (Å²) in [5.74, 6) is 0.743. The summed E-state index contributed by atoms with van der Waals surface area (Å²) in [7, 11) is 0. The van der Waals surface area contributed by atoms with Gasteiger partial charge in [0.15, 0.2) is 0 Å². The first-order chi connectivity index (χ1) is 9.29. The van der Waals surface area contributed by atoms with Crippen LogP contribution in [0.15, 0.2) is 12.3 Å². The second-order valence-electron chi connectivity index (χ2n) is 4.95. The Balaban J connectivity index is 1.66. The van der Waals surface area contributed by atoms with Crippen molar-refractivity contribution in [2.24, 2.45) is 0 Å². The smallest absolute Gasteiger partial charge is 0.148 e. The fourth-order valence-electron chi connectivity index (χ4n) is 2.65. The Hall–Kier alpha value is -1.35. The number of hydrogen-bond donors (Lipinski definition) is 1. The lowest BCUT2D eigenvalue weighted by molar-refractivity contribution is 0.147. The molecule has 6 heteroatoms. The lowest BCUT2D eigenvalue weighted by Gasteiger charge is -2.47. The molecule has 2 aliphatic rings. The standard InChI is InChI=1S/C13H16ClN5/c14-12-10(7-15)1-2-17-13(12)19-8-11(9-19)18-5-3-16-4-6-18/h1-2,11,16H,3-6,8-9H2. The molecule has 5 nitrogen and oxygen atoms in total. The summed E-state index contributed by atoms with van der Waals surface area (Å²) in [4.78, 5) is 8.96. The first kappa shape index (κ1) is 12.7. The van der Waals surface area contributed by atoms with Crippen molar-refractivity contribution >= 4 is 17.4 Å². The molecule has 0 bridgehead atoms. The SMILES string of the molecule is N#Cc1ccnc(N2CC(N3CCNCC3)C2)c1Cl. The number of halogens is 1. The van der Waals surface area contributed by atoms with E-state index >= 15 is 0 Å². The molecule has 0 radical (unpaired) electrons. The molecule has 2 fully saturated rings. The van der Waals surface area contributed by atoms with Crippen molar-refractivity contribution in [2.75, 3.05) is 44.2 Å². The van der Waals surface area contributed by atoms with E-state index in [0.717, 1.165) is 45.1 Å². The van der Waals surface area contributed by atoms with Crippen molar-refractivity contribution < 1.29 is 0 Å². The molecular weight excluding hydrogens is 262 g/mol. The topological polar surface area (TPSA) is 55.2 Å². The monoisotopic (exact) mass is 277 g/mol. The molecule has 0 aromatic carbocycles. The quantitative estimate of drug-likeness (QED) is 0.862. The van der Waals surface area contributed by atoms with E-state index in [1.807, 2.05) is 0 Å². The Morgan fingerprint density at radius 2 is 2.11 bits per heavy atom. The molecule has 2 aliphatic heterocycles. The summed E-state index contributed by atoms with van der Waals surface area (Å²) in [6.07, 6.45) is 1.65. The minimum atomic E-state index is 0.476. The van der Waals surface area contributed by atoms with Crippen molar-refractivity contribution in [3.05, 3.63) is 22.8 Å². The molecule has 0 saturated carbocycles. The molecule has 0 spiro atoms. The number of pyridine rings is 1. The van der Waals surface area contributed by atoms with Crippen molar-refractivity contribution in [1.29, 1.82) is 5.26 Å². The van der Waals surface area contributed by atoms with Gasteiger partial charge in [-0.15, -0.1) is 0 Å². The molecule has 0 amide bonds. The lowest BCUT2D eigenvalue weighted by Crippen LogP contribution is -2.63. The molecule has 0 aliphatic carbocycles. The fourth-order valence-corrected chi connectivity index (χ4v) is 2.92. The van der Waals surface area contributed by atoms with Gasteiger partial charge in [-0.2, -0.15) is 5.26 Å². The molecule has 19 heavy (non-hydrogen) atoms. The summed E-state index contributed by atoms with van der Waals surface area (Å²) in [5.41, 5.74) is 0.497. The number of rotatable bonds is 2. The van der Waals surface area contributed by atoms with Crippen LogP contribution in [0.1, 0.15) is 5.56 Å². The van der Waals surface area contributed by atoms with E-state index in [1.165, 1.54) is 0 Å². The van der Waals surface area contributed by atoms with E-state index in [4.69, 9.17) is 16.9 Å². The van der Waals surface area contributed by atoms with Crippen LogP contribution in [0.5, 0.6) is 0 Å². The van der Waals surface area contributed by atoms with Gasteiger partial charge in [0.05, 0.1) is 5.56 Å². The molecule has 1 aromatic heterocycles. The van der Waals surface area contributed by atoms with E-state index in [-0.39, 0.29) is 0 Å². The maximum Gasteiger partial charge on any atom is 0.148 e. The number of nitrogens with zero attached hydrogens (tertiary/aromatic N) is 4. The fraction of sp³-hybridized carbons (Fsp3) is 0.538. The van der Waals surface area contributed by atoms with E-state index < -0.39 is 0 Å². The Kier molecular flexibility index (Phi) is 3.56.